The number of hydrogen-bond donors (Lipinski definition) is 0. The van der Waals surface area contributed by atoms with Crippen LogP contribution in [0, 0.1) is 5.41 Å². The summed E-state index contributed by atoms with van der Waals surface area (Å²) in [5.74, 6) is 0.318. The van der Waals surface area contributed by atoms with Crippen LogP contribution in [0.3, 0.4) is 0 Å². The van der Waals surface area contributed by atoms with Gasteiger partial charge in [0.2, 0.25) is 5.91 Å². The van der Waals surface area contributed by atoms with Crippen LogP contribution in [-0.4, -0.2) is 62.1 Å². The highest BCUT2D eigenvalue weighted by Crippen LogP contribution is 2.39. The van der Waals surface area contributed by atoms with E-state index in [1.54, 1.807) is 0 Å². The number of hydrogen-bond acceptors (Lipinski definition) is 3. The zero-order valence-corrected chi connectivity index (χ0v) is 17.2. The van der Waals surface area contributed by atoms with Crippen LogP contribution < -0.4 is 0 Å². The molecule has 0 saturated carbocycles. The van der Waals surface area contributed by atoms with Crippen LogP contribution in [0.25, 0.3) is 10.8 Å². The molecule has 0 unspecified atom stereocenters. The molecular weight excluding hydrogens is 348 g/mol. The molecule has 0 bridgehead atoms. The Balaban J connectivity index is 1.62. The SMILES string of the molecule is CN1CCC(N(C)C(=O)C2(Cc3cccc4ccccc34)CCOCC2)CC1. The van der Waals surface area contributed by atoms with Crippen LogP contribution in [0.2, 0.25) is 0 Å². The maximum Gasteiger partial charge on any atom is 0.229 e. The van der Waals surface area contributed by atoms with E-state index >= 15 is 0 Å². The van der Waals surface area contributed by atoms with E-state index in [9.17, 15) is 4.79 Å². The first-order valence-electron chi connectivity index (χ1n) is 10.6. The molecule has 2 aliphatic rings. The van der Waals surface area contributed by atoms with Crippen LogP contribution in [0.1, 0.15) is 31.2 Å². The number of benzene rings is 2. The van der Waals surface area contributed by atoms with Crippen molar-refractivity contribution < 1.29 is 9.53 Å². The first-order valence-corrected chi connectivity index (χ1v) is 10.6. The third-order valence-electron chi connectivity index (χ3n) is 6.87. The smallest absolute Gasteiger partial charge is 0.229 e. The molecule has 4 nitrogen and oxygen atoms in total. The maximum atomic E-state index is 13.8. The highest BCUT2D eigenvalue weighted by molar-refractivity contribution is 5.88. The van der Waals surface area contributed by atoms with Gasteiger partial charge in [-0.25, -0.2) is 0 Å². The number of ether oxygens (including phenoxy) is 1. The molecule has 28 heavy (non-hydrogen) atoms. The Labute approximate surface area is 168 Å². The van der Waals surface area contributed by atoms with Gasteiger partial charge in [-0.15, -0.1) is 0 Å². The van der Waals surface area contributed by atoms with E-state index in [-0.39, 0.29) is 5.41 Å². The lowest BCUT2D eigenvalue weighted by atomic mass is 9.73. The quantitative estimate of drug-likeness (QED) is 0.810. The average molecular weight is 381 g/mol. The summed E-state index contributed by atoms with van der Waals surface area (Å²) in [6, 6.07) is 15.3. The Kier molecular flexibility index (Phi) is 5.70. The molecule has 2 saturated heterocycles. The zero-order valence-electron chi connectivity index (χ0n) is 17.2. The lowest BCUT2D eigenvalue weighted by molar-refractivity contribution is -0.149. The Morgan fingerprint density at radius 1 is 1.11 bits per heavy atom. The van der Waals surface area contributed by atoms with E-state index in [1.807, 2.05) is 7.05 Å². The van der Waals surface area contributed by atoms with Crippen LogP contribution in [-0.2, 0) is 16.0 Å². The largest absolute Gasteiger partial charge is 0.381 e. The number of carbonyl (C=O) groups excluding carboxylic acids is 1. The topological polar surface area (TPSA) is 32.8 Å². The zero-order chi connectivity index (χ0) is 19.6. The van der Waals surface area contributed by atoms with Gasteiger partial charge in [-0.1, -0.05) is 42.5 Å². The summed E-state index contributed by atoms with van der Waals surface area (Å²) in [5, 5.41) is 2.52. The molecule has 150 valence electrons. The second kappa shape index (κ2) is 8.22. The summed E-state index contributed by atoms with van der Waals surface area (Å²) >= 11 is 0. The molecule has 2 heterocycles. The fourth-order valence-corrected chi connectivity index (χ4v) is 4.96. The van der Waals surface area contributed by atoms with Crippen molar-refractivity contribution in [3.05, 3.63) is 48.0 Å². The molecule has 2 aromatic carbocycles. The number of carbonyl (C=O) groups is 1. The van der Waals surface area contributed by atoms with Crippen molar-refractivity contribution in [3.8, 4) is 0 Å². The Morgan fingerprint density at radius 3 is 2.54 bits per heavy atom. The highest BCUT2D eigenvalue weighted by atomic mass is 16.5. The monoisotopic (exact) mass is 380 g/mol. The van der Waals surface area contributed by atoms with Gasteiger partial charge in [-0.2, -0.15) is 0 Å². The molecule has 4 rings (SSSR count). The Bertz CT molecular complexity index is 815. The van der Waals surface area contributed by atoms with Gasteiger partial charge < -0.3 is 14.5 Å². The van der Waals surface area contributed by atoms with Gasteiger partial charge in [0.25, 0.3) is 0 Å². The Morgan fingerprint density at radius 2 is 1.79 bits per heavy atom. The fraction of sp³-hybridized carbons (Fsp3) is 0.542. The molecule has 4 heteroatoms. The molecule has 2 fully saturated rings. The average Bonchev–Trinajstić information content (AvgIpc) is 2.74. The first-order chi connectivity index (χ1) is 13.6. The molecule has 0 spiro atoms. The number of nitrogens with zero attached hydrogens (tertiary/aromatic N) is 2. The molecule has 2 aliphatic heterocycles. The second-order valence-corrected chi connectivity index (χ2v) is 8.66. The van der Waals surface area contributed by atoms with Crippen molar-refractivity contribution in [2.75, 3.05) is 40.4 Å². The van der Waals surface area contributed by atoms with E-state index < -0.39 is 0 Å². The highest BCUT2D eigenvalue weighted by Gasteiger charge is 2.43. The van der Waals surface area contributed by atoms with Gasteiger partial charge in [0.15, 0.2) is 0 Å². The van der Waals surface area contributed by atoms with Gasteiger partial charge in [0.05, 0.1) is 5.41 Å². The molecule has 0 atom stereocenters. The third kappa shape index (κ3) is 3.81. The summed E-state index contributed by atoms with van der Waals surface area (Å²) in [6.45, 7) is 3.50. The predicted octanol–water partition coefficient (Wildman–Crippen LogP) is 3.73. The molecule has 0 aliphatic carbocycles. The van der Waals surface area contributed by atoms with E-state index in [4.69, 9.17) is 4.74 Å². The Hall–Kier alpha value is -1.91. The van der Waals surface area contributed by atoms with Crippen molar-refractivity contribution in [1.29, 1.82) is 0 Å². The fourth-order valence-electron chi connectivity index (χ4n) is 4.96. The lowest BCUT2D eigenvalue weighted by Gasteiger charge is -2.43. The van der Waals surface area contributed by atoms with Gasteiger partial charge in [-0.3, -0.25) is 4.79 Å². The van der Waals surface area contributed by atoms with E-state index in [0.29, 0.717) is 25.2 Å². The van der Waals surface area contributed by atoms with Crippen molar-refractivity contribution in [1.82, 2.24) is 9.80 Å². The van der Waals surface area contributed by atoms with Crippen molar-refractivity contribution in [3.63, 3.8) is 0 Å². The van der Waals surface area contributed by atoms with Gasteiger partial charge >= 0.3 is 0 Å². The van der Waals surface area contributed by atoms with Crippen LogP contribution >= 0.6 is 0 Å². The van der Waals surface area contributed by atoms with Gasteiger partial charge in [0.1, 0.15) is 0 Å². The van der Waals surface area contributed by atoms with Gasteiger partial charge in [-0.05, 0) is 68.6 Å². The summed E-state index contributed by atoms with van der Waals surface area (Å²) < 4.78 is 5.66. The minimum atomic E-state index is -0.347. The third-order valence-corrected chi connectivity index (χ3v) is 6.87. The normalized spacial score (nSPS) is 20.9. The summed E-state index contributed by atoms with van der Waals surface area (Å²) in [6.07, 6.45) is 4.56. The van der Waals surface area contributed by atoms with E-state index in [0.717, 1.165) is 45.2 Å². The summed E-state index contributed by atoms with van der Waals surface area (Å²) in [5.41, 5.74) is 0.936. The minimum Gasteiger partial charge on any atom is -0.381 e. The second-order valence-electron chi connectivity index (χ2n) is 8.66. The molecule has 0 radical (unpaired) electrons. The van der Waals surface area contributed by atoms with E-state index in [1.165, 1.54) is 16.3 Å². The molecular formula is C24H32N2O2. The molecule has 1 amide bonds. The summed E-state index contributed by atoms with van der Waals surface area (Å²) in [7, 11) is 4.19. The minimum absolute atomic E-state index is 0.318. The van der Waals surface area contributed by atoms with Gasteiger partial charge in [0, 0.05) is 26.3 Å². The molecule has 2 aromatic rings. The number of likely N-dealkylation sites (tertiary alicyclic amines) is 1. The predicted molar refractivity (Wildman–Crippen MR) is 113 cm³/mol. The summed E-state index contributed by atoms with van der Waals surface area (Å²) in [4.78, 5) is 18.2. The van der Waals surface area contributed by atoms with Crippen LogP contribution in [0.5, 0.6) is 0 Å². The molecule has 0 aromatic heterocycles. The van der Waals surface area contributed by atoms with Crippen molar-refractivity contribution >= 4 is 16.7 Å². The lowest BCUT2D eigenvalue weighted by Crippen LogP contribution is -2.52. The van der Waals surface area contributed by atoms with Crippen LogP contribution in [0.15, 0.2) is 42.5 Å². The maximum absolute atomic E-state index is 13.8. The van der Waals surface area contributed by atoms with Crippen molar-refractivity contribution in [2.24, 2.45) is 5.41 Å². The number of fused-ring (bicyclic) bond motifs is 1. The van der Waals surface area contributed by atoms with Crippen molar-refractivity contribution in [2.45, 2.75) is 38.1 Å². The van der Waals surface area contributed by atoms with E-state index in [2.05, 4.69) is 59.3 Å². The van der Waals surface area contributed by atoms with Crippen LogP contribution in [0.4, 0.5) is 0 Å². The standard InChI is InChI=1S/C24H32N2O2/c1-25-14-10-21(11-15-25)26(2)23(27)24(12-16-28-17-13-24)18-20-8-5-7-19-6-3-4-9-22(19)20/h3-9,21H,10-18H2,1-2H3. The number of piperidine rings is 1. The number of amides is 1. The number of rotatable bonds is 4. The molecule has 0 N–H and O–H groups in total. The first kappa shape index (κ1) is 19.4.